The first-order chi connectivity index (χ1) is 10.0. The monoisotopic (exact) mass is 313 g/mol. The summed E-state index contributed by atoms with van der Waals surface area (Å²) in [6.07, 6.45) is 3.58. The highest BCUT2D eigenvalue weighted by molar-refractivity contribution is 7.87. The maximum Gasteiger partial charge on any atom is 0.279 e. The van der Waals surface area contributed by atoms with E-state index in [9.17, 15) is 8.42 Å². The molecule has 2 heterocycles. The standard InChI is InChI=1S/C14H23N3O3S/c1-12-8-13(5-6-15-12)9-16-21(18,19)17-7-3-4-14(10-17)11-20-2/h5-6,8,14,16H,3-4,7,9-11H2,1-2H3. The van der Waals surface area contributed by atoms with E-state index in [4.69, 9.17) is 4.74 Å². The fourth-order valence-corrected chi connectivity index (χ4v) is 3.91. The molecule has 1 unspecified atom stereocenters. The molecule has 1 aliphatic rings. The van der Waals surface area contributed by atoms with Gasteiger partial charge in [0.25, 0.3) is 10.2 Å². The zero-order valence-electron chi connectivity index (χ0n) is 12.6. The normalized spacial score (nSPS) is 20.6. The molecule has 0 bridgehead atoms. The van der Waals surface area contributed by atoms with Crippen LogP contribution in [0, 0.1) is 12.8 Å². The molecule has 1 aromatic heterocycles. The van der Waals surface area contributed by atoms with E-state index in [-0.39, 0.29) is 12.5 Å². The molecule has 1 saturated heterocycles. The van der Waals surface area contributed by atoms with Crippen LogP contribution in [0.25, 0.3) is 0 Å². The van der Waals surface area contributed by atoms with E-state index in [1.807, 2.05) is 19.1 Å². The third kappa shape index (κ3) is 4.74. The lowest BCUT2D eigenvalue weighted by molar-refractivity contribution is 0.118. The Kier molecular flexibility index (Phi) is 5.69. The number of nitrogens with one attached hydrogen (secondary N) is 1. The van der Waals surface area contributed by atoms with Crippen molar-refractivity contribution in [1.82, 2.24) is 14.0 Å². The molecule has 0 spiro atoms. The summed E-state index contributed by atoms with van der Waals surface area (Å²) in [5.74, 6) is 0.281. The van der Waals surface area contributed by atoms with Crippen molar-refractivity contribution < 1.29 is 13.2 Å². The molecule has 21 heavy (non-hydrogen) atoms. The summed E-state index contributed by atoms with van der Waals surface area (Å²) < 4.78 is 34.0. The summed E-state index contributed by atoms with van der Waals surface area (Å²) in [5.41, 5.74) is 1.79. The third-order valence-electron chi connectivity index (χ3n) is 3.64. The molecule has 0 aromatic carbocycles. The van der Waals surface area contributed by atoms with Gasteiger partial charge in [0.2, 0.25) is 0 Å². The molecule has 1 aromatic rings. The molecule has 1 atom stereocenters. The highest BCUT2D eigenvalue weighted by atomic mass is 32.2. The van der Waals surface area contributed by atoms with Gasteiger partial charge in [-0.3, -0.25) is 4.98 Å². The van der Waals surface area contributed by atoms with Gasteiger partial charge in [-0.05, 0) is 43.4 Å². The van der Waals surface area contributed by atoms with E-state index in [0.29, 0.717) is 19.7 Å². The van der Waals surface area contributed by atoms with E-state index in [0.717, 1.165) is 24.1 Å². The van der Waals surface area contributed by atoms with Crippen LogP contribution in [0.4, 0.5) is 0 Å². The number of methoxy groups -OCH3 is 1. The minimum absolute atomic E-state index is 0.281. The number of rotatable bonds is 6. The van der Waals surface area contributed by atoms with Crippen molar-refractivity contribution >= 4 is 10.2 Å². The van der Waals surface area contributed by atoms with E-state index in [1.54, 1.807) is 13.3 Å². The largest absolute Gasteiger partial charge is 0.384 e. The van der Waals surface area contributed by atoms with E-state index in [2.05, 4.69) is 9.71 Å². The summed E-state index contributed by atoms with van der Waals surface area (Å²) in [6, 6.07) is 3.70. The van der Waals surface area contributed by atoms with Crippen molar-refractivity contribution in [3.63, 3.8) is 0 Å². The minimum Gasteiger partial charge on any atom is -0.384 e. The van der Waals surface area contributed by atoms with Crippen molar-refractivity contribution in [2.45, 2.75) is 26.3 Å². The van der Waals surface area contributed by atoms with Gasteiger partial charge in [-0.2, -0.15) is 17.4 Å². The van der Waals surface area contributed by atoms with E-state index in [1.165, 1.54) is 4.31 Å². The SMILES string of the molecule is COCC1CCCN(S(=O)(=O)NCc2ccnc(C)c2)C1. The van der Waals surface area contributed by atoms with Gasteiger partial charge in [-0.1, -0.05) is 0 Å². The van der Waals surface area contributed by atoms with E-state index >= 15 is 0 Å². The molecule has 118 valence electrons. The zero-order valence-corrected chi connectivity index (χ0v) is 13.4. The first-order valence-electron chi connectivity index (χ1n) is 7.16. The van der Waals surface area contributed by atoms with Crippen LogP contribution in [0.3, 0.4) is 0 Å². The lowest BCUT2D eigenvalue weighted by Gasteiger charge is -2.31. The van der Waals surface area contributed by atoms with Crippen LogP contribution in [0.2, 0.25) is 0 Å². The third-order valence-corrected chi connectivity index (χ3v) is 5.16. The van der Waals surface area contributed by atoms with Crippen LogP contribution in [0.15, 0.2) is 18.3 Å². The number of nitrogens with zero attached hydrogens (tertiary/aromatic N) is 2. The van der Waals surface area contributed by atoms with Crippen molar-refractivity contribution in [3.05, 3.63) is 29.6 Å². The van der Waals surface area contributed by atoms with Crippen molar-refractivity contribution in [3.8, 4) is 0 Å². The first-order valence-corrected chi connectivity index (χ1v) is 8.60. The fraction of sp³-hybridized carbons (Fsp3) is 0.643. The smallest absolute Gasteiger partial charge is 0.279 e. The van der Waals surface area contributed by atoms with Gasteiger partial charge < -0.3 is 4.74 Å². The van der Waals surface area contributed by atoms with Gasteiger partial charge in [-0.25, -0.2) is 0 Å². The molecule has 0 amide bonds. The predicted octanol–water partition coefficient (Wildman–Crippen LogP) is 1.08. The molecular formula is C14H23N3O3S. The maximum absolute atomic E-state index is 12.4. The summed E-state index contributed by atoms with van der Waals surface area (Å²) in [7, 11) is -1.79. The lowest BCUT2D eigenvalue weighted by atomic mass is 10.0. The van der Waals surface area contributed by atoms with Gasteiger partial charge in [0.1, 0.15) is 0 Å². The molecular weight excluding hydrogens is 290 g/mol. The molecule has 1 fully saturated rings. The molecule has 6 nitrogen and oxygen atoms in total. The van der Waals surface area contributed by atoms with Crippen LogP contribution in [-0.4, -0.2) is 44.5 Å². The highest BCUT2D eigenvalue weighted by Gasteiger charge is 2.28. The predicted molar refractivity (Wildman–Crippen MR) is 80.9 cm³/mol. The molecule has 1 aliphatic heterocycles. The van der Waals surface area contributed by atoms with Crippen LogP contribution in [-0.2, 0) is 21.5 Å². The Labute approximate surface area is 126 Å². The topological polar surface area (TPSA) is 71.5 Å². The second-order valence-electron chi connectivity index (χ2n) is 5.45. The van der Waals surface area contributed by atoms with Crippen molar-refractivity contribution in [2.24, 2.45) is 5.92 Å². The van der Waals surface area contributed by atoms with Gasteiger partial charge in [0, 0.05) is 38.6 Å². The number of aryl methyl sites for hydroxylation is 1. The molecule has 7 heteroatoms. The Balaban J connectivity index is 1.94. The maximum atomic E-state index is 12.4. The summed E-state index contributed by atoms with van der Waals surface area (Å²) in [5, 5.41) is 0. The molecule has 0 radical (unpaired) electrons. The Morgan fingerprint density at radius 3 is 3.05 bits per heavy atom. The van der Waals surface area contributed by atoms with Crippen LogP contribution in [0.5, 0.6) is 0 Å². The number of piperidine rings is 1. The second-order valence-corrected chi connectivity index (χ2v) is 7.21. The van der Waals surface area contributed by atoms with Crippen molar-refractivity contribution in [2.75, 3.05) is 26.8 Å². The van der Waals surface area contributed by atoms with Crippen LogP contribution in [0.1, 0.15) is 24.1 Å². The van der Waals surface area contributed by atoms with Crippen molar-refractivity contribution in [1.29, 1.82) is 0 Å². The summed E-state index contributed by atoms with van der Waals surface area (Å²) >= 11 is 0. The molecule has 0 saturated carbocycles. The van der Waals surface area contributed by atoms with Gasteiger partial charge in [0.15, 0.2) is 0 Å². The average Bonchev–Trinajstić information content (AvgIpc) is 2.46. The number of ether oxygens (including phenoxy) is 1. The quantitative estimate of drug-likeness (QED) is 0.853. The summed E-state index contributed by atoms with van der Waals surface area (Å²) in [4.78, 5) is 4.10. The first kappa shape index (κ1) is 16.4. The Hall–Kier alpha value is -1.02. The number of hydrogen-bond acceptors (Lipinski definition) is 4. The van der Waals surface area contributed by atoms with Gasteiger partial charge in [0.05, 0.1) is 6.61 Å². The molecule has 0 aliphatic carbocycles. The Morgan fingerprint density at radius 2 is 2.33 bits per heavy atom. The van der Waals surface area contributed by atoms with Crippen LogP contribution < -0.4 is 4.72 Å². The number of hydrogen-bond donors (Lipinski definition) is 1. The second kappa shape index (κ2) is 7.31. The van der Waals surface area contributed by atoms with E-state index < -0.39 is 10.2 Å². The highest BCUT2D eigenvalue weighted by Crippen LogP contribution is 2.18. The minimum atomic E-state index is -3.44. The number of pyridine rings is 1. The number of aromatic nitrogens is 1. The van der Waals surface area contributed by atoms with Gasteiger partial charge in [-0.15, -0.1) is 0 Å². The molecule has 2 rings (SSSR count). The Morgan fingerprint density at radius 1 is 1.52 bits per heavy atom. The average molecular weight is 313 g/mol. The zero-order chi connectivity index (χ0) is 15.3. The molecule has 1 N–H and O–H groups in total. The van der Waals surface area contributed by atoms with Crippen LogP contribution >= 0.6 is 0 Å². The lowest BCUT2D eigenvalue weighted by Crippen LogP contribution is -2.46. The Bertz CT molecular complexity index is 560. The van der Waals surface area contributed by atoms with Gasteiger partial charge >= 0.3 is 0 Å². The fourth-order valence-electron chi connectivity index (χ4n) is 2.60. The summed E-state index contributed by atoms with van der Waals surface area (Å²) in [6.45, 7) is 3.88.